The highest BCUT2D eigenvalue weighted by atomic mass is 16.5. The lowest BCUT2D eigenvalue weighted by Crippen LogP contribution is -2.38. The molecular weight excluding hydrogens is 268 g/mol. The molecule has 110 valence electrons. The van der Waals surface area contributed by atoms with Gasteiger partial charge >= 0.3 is 0 Å². The zero-order valence-electron chi connectivity index (χ0n) is 12.2. The Bertz CT molecular complexity index is 650. The van der Waals surface area contributed by atoms with Gasteiger partial charge in [0.15, 0.2) is 0 Å². The molecule has 1 aromatic heterocycles. The highest BCUT2D eigenvalue weighted by Crippen LogP contribution is 2.27. The fourth-order valence-corrected chi connectivity index (χ4v) is 2.61. The van der Waals surface area contributed by atoms with Crippen LogP contribution in [0.15, 0.2) is 34.9 Å². The Morgan fingerprint density at radius 2 is 2.24 bits per heavy atom. The molecule has 0 bridgehead atoms. The van der Waals surface area contributed by atoms with E-state index in [-0.39, 0.29) is 11.8 Å². The van der Waals surface area contributed by atoms with E-state index in [1.807, 2.05) is 37.3 Å². The Labute approximate surface area is 123 Å². The number of rotatable bonds is 3. The summed E-state index contributed by atoms with van der Waals surface area (Å²) in [4.78, 5) is 14.2. The maximum absolute atomic E-state index is 12.5. The fraction of sp³-hybridized carbons (Fsp3) is 0.375. The van der Waals surface area contributed by atoms with Gasteiger partial charge in [0.2, 0.25) is 5.91 Å². The van der Waals surface area contributed by atoms with Crippen molar-refractivity contribution in [3.8, 4) is 5.75 Å². The van der Waals surface area contributed by atoms with Crippen molar-refractivity contribution in [3.05, 3.63) is 47.3 Å². The summed E-state index contributed by atoms with van der Waals surface area (Å²) in [6.07, 6.45) is 0.719. The quantitative estimate of drug-likeness (QED) is 0.868. The Kier molecular flexibility index (Phi) is 3.64. The Hall–Kier alpha value is -2.30. The summed E-state index contributed by atoms with van der Waals surface area (Å²) in [5, 5.41) is 3.92. The second-order valence-electron chi connectivity index (χ2n) is 5.44. The predicted octanol–water partition coefficient (Wildman–Crippen LogP) is 2.19. The number of aryl methyl sites for hydroxylation is 1. The lowest BCUT2D eigenvalue weighted by Gasteiger charge is -2.27. The Balaban J connectivity index is 1.66. The number of fused-ring (bicyclic) bond motifs is 1. The molecule has 0 saturated carbocycles. The standard InChI is InChI=1S/C16H18N2O3/c1-11-7-14(17-21-11)9-18(2)16(19)13-8-12-5-3-4-6-15(12)20-10-13/h3-7,13H,8-10H2,1-2H3. The number of para-hydroxylation sites is 1. The van der Waals surface area contributed by atoms with Crippen molar-refractivity contribution in [2.45, 2.75) is 19.9 Å². The van der Waals surface area contributed by atoms with Crippen LogP contribution < -0.4 is 4.74 Å². The van der Waals surface area contributed by atoms with Crippen molar-refractivity contribution < 1.29 is 14.1 Å². The Morgan fingerprint density at radius 1 is 1.43 bits per heavy atom. The first-order chi connectivity index (χ1) is 10.1. The molecule has 0 N–H and O–H groups in total. The number of hydrogen-bond donors (Lipinski definition) is 0. The summed E-state index contributed by atoms with van der Waals surface area (Å²) in [6, 6.07) is 9.71. The summed E-state index contributed by atoms with van der Waals surface area (Å²) in [5.74, 6) is 1.57. The van der Waals surface area contributed by atoms with Crippen LogP contribution in [0.2, 0.25) is 0 Å². The van der Waals surface area contributed by atoms with E-state index in [0.29, 0.717) is 13.2 Å². The maximum atomic E-state index is 12.5. The van der Waals surface area contributed by atoms with Gasteiger partial charge < -0.3 is 14.2 Å². The van der Waals surface area contributed by atoms with Crippen LogP contribution in [0.25, 0.3) is 0 Å². The molecule has 5 nitrogen and oxygen atoms in total. The molecule has 0 aliphatic carbocycles. The lowest BCUT2D eigenvalue weighted by atomic mass is 9.95. The minimum atomic E-state index is -0.141. The summed E-state index contributed by atoms with van der Waals surface area (Å²) in [7, 11) is 1.78. The molecule has 1 amide bonds. The van der Waals surface area contributed by atoms with E-state index in [1.54, 1.807) is 11.9 Å². The summed E-state index contributed by atoms with van der Waals surface area (Å²) in [6.45, 7) is 2.72. The summed E-state index contributed by atoms with van der Waals surface area (Å²) < 4.78 is 10.7. The van der Waals surface area contributed by atoms with Crippen LogP contribution in [-0.4, -0.2) is 29.6 Å². The highest BCUT2D eigenvalue weighted by Gasteiger charge is 2.28. The first-order valence-corrected chi connectivity index (χ1v) is 7.01. The van der Waals surface area contributed by atoms with Crippen LogP contribution in [-0.2, 0) is 17.8 Å². The number of nitrogens with zero attached hydrogens (tertiary/aromatic N) is 2. The van der Waals surface area contributed by atoms with Gasteiger partial charge in [-0.15, -0.1) is 0 Å². The summed E-state index contributed by atoms with van der Waals surface area (Å²) >= 11 is 0. The minimum absolute atomic E-state index is 0.0742. The van der Waals surface area contributed by atoms with Gasteiger partial charge in [0.1, 0.15) is 23.8 Å². The zero-order valence-corrected chi connectivity index (χ0v) is 12.2. The molecule has 0 fully saturated rings. The van der Waals surface area contributed by atoms with Gasteiger partial charge in [0.25, 0.3) is 0 Å². The van der Waals surface area contributed by atoms with E-state index >= 15 is 0 Å². The normalized spacial score (nSPS) is 17.0. The second kappa shape index (κ2) is 5.60. The van der Waals surface area contributed by atoms with Gasteiger partial charge in [-0.3, -0.25) is 4.79 Å². The molecule has 1 atom stereocenters. The molecule has 1 aliphatic rings. The van der Waals surface area contributed by atoms with Crippen molar-refractivity contribution in [1.29, 1.82) is 0 Å². The number of hydrogen-bond acceptors (Lipinski definition) is 4. The first-order valence-electron chi connectivity index (χ1n) is 7.01. The van der Waals surface area contributed by atoms with E-state index in [0.717, 1.165) is 29.2 Å². The monoisotopic (exact) mass is 286 g/mol. The van der Waals surface area contributed by atoms with Crippen LogP contribution in [0.5, 0.6) is 5.75 Å². The molecule has 2 heterocycles. The maximum Gasteiger partial charge on any atom is 0.229 e. The molecule has 2 aromatic rings. The second-order valence-corrected chi connectivity index (χ2v) is 5.44. The average molecular weight is 286 g/mol. The van der Waals surface area contributed by atoms with E-state index in [4.69, 9.17) is 9.26 Å². The topological polar surface area (TPSA) is 55.6 Å². The molecule has 1 unspecified atom stereocenters. The van der Waals surface area contributed by atoms with Gasteiger partial charge in [-0.25, -0.2) is 0 Å². The number of carbonyl (C=O) groups is 1. The number of ether oxygens (including phenoxy) is 1. The van der Waals surface area contributed by atoms with Gasteiger partial charge in [-0.1, -0.05) is 23.4 Å². The van der Waals surface area contributed by atoms with Crippen LogP contribution in [0, 0.1) is 12.8 Å². The number of amides is 1. The van der Waals surface area contributed by atoms with Crippen LogP contribution in [0.3, 0.4) is 0 Å². The molecule has 1 aliphatic heterocycles. The lowest BCUT2D eigenvalue weighted by molar-refractivity contribution is -0.136. The molecule has 5 heteroatoms. The van der Waals surface area contributed by atoms with Crippen molar-refractivity contribution in [3.63, 3.8) is 0 Å². The van der Waals surface area contributed by atoms with Gasteiger partial charge in [-0.05, 0) is 25.0 Å². The van der Waals surface area contributed by atoms with Gasteiger partial charge in [0.05, 0.1) is 12.5 Å². The van der Waals surface area contributed by atoms with Gasteiger partial charge in [-0.2, -0.15) is 0 Å². The predicted molar refractivity (Wildman–Crippen MR) is 76.8 cm³/mol. The van der Waals surface area contributed by atoms with Crippen molar-refractivity contribution in [2.24, 2.45) is 5.92 Å². The van der Waals surface area contributed by atoms with Crippen LogP contribution in [0.4, 0.5) is 0 Å². The average Bonchev–Trinajstić information content (AvgIpc) is 2.91. The molecule has 1 aromatic carbocycles. The number of benzene rings is 1. The largest absolute Gasteiger partial charge is 0.492 e. The third-order valence-electron chi connectivity index (χ3n) is 3.68. The SMILES string of the molecule is Cc1cc(CN(C)C(=O)C2COc3ccccc3C2)no1. The zero-order chi connectivity index (χ0) is 14.8. The minimum Gasteiger partial charge on any atom is -0.492 e. The molecule has 21 heavy (non-hydrogen) atoms. The molecule has 3 rings (SSSR count). The van der Waals surface area contributed by atoms with Crippen LogP contribution in [0.1, 0.15) is 17.0 Å². The number of carbonyl (C=O) groups excluding carboxylic acids is 1. The van der Waals surface area contributed by atoms with Crippen molar-refractivity contribution in [1.82, 2.24) is 10.1 Å². The molecule has 0 spiro atoms. The Morgan fingerprint density at radius 3 is 3.00 bits per heavy atom. The van der Waals surface area contributed by atoms with E-state index in [2.05, 4.69) is 5.16 Å². The number of aromatic nitrogens is 1. The fourth-order valence-electron chi connectivity index (χ4n) is 2.61. The van der Waals surface area contributed by atoms with Crippen LogP contribution >= 0.6 is 0 Å². The van der Waals surface area contributed by atoms with E-state index < -0.39 is 0 Å². The first kappa shape index (κ1) is 13.7. The third kappa shape index (κ3) is 2.91. The highest BCUT2D eigenvalue weighted by molar-refractivity contribution is 5.79. The molecule has 0 radical (unpaired) electrons. The van der Waals surface area contributed by atoms with E-state index in [1.165, 1.54) is 0 Å². The summed E-state index contributed by atoms with van der Waals surface area (Å²) in [5.41, 5.74) is 1.85. The van der Waals surface area contributed by atoms with Crippen molar-refractivity contribution in [2.75, 3.05) is 13.7 Å². The third-order valence-corrected chi connectivity index (χ3v) is 3.68. The van der Waals surface area contributed by atoms with Crippen molar-refractivity contribution >= 4 is 5.91 Å². The van der Waals surface area contributed by atoms with E-state index in [9.17, 15) is 4.79 Å². The molecule has 0 saturated heterocycles. The molecular formula is C16H18N2O3. The smallest absolute Gasteiger partial charge is 0.229 e. The van der Waals surface area contributed by atoms with Gasteiger partial charge in [0, 0.05) is 13.1 Å².